The Hall–Kier alpha value is -1.71. The lowest BCUT2D eigenvalue weighted by Crippen LogP contribution is -2.38. The van der Waals surface area contributed by atoms with Crippen LogP contribution in [0.1, 0.15) is 25.7 Å². The zero-order chi connectivity index (χ0) is 12.1. The van der Waals surface area contributed by atoms with Gasteiger partial charge < -0.3 is 15.2 Å². The molecular weight excluding hydrogens is 218 g/mol. The maximum absolute atomic E-state index is 10.5. The Kier molecular flexibility index (Phi) is 3.85. The lowest BCUT2D eigenvalue weighted by atomic mass is 9.93. The minimum atomic E-state index is -0.933. The van der Waals surface area contributed by atoms with E-state index in [1.807, 2.05) is 30.3 Å². The molecule has 92 valence electrons. The molecular formula is C13H17NO3. The largest absolute Gasteiger partial charge is 0.490 e. The summed E-state index contributed by atoms with van der Waals surface area (Å²) in [6.07, 6.45) is 2.79. The van der Waals surface area contributed by atoms with Crippen LogP contribution in [-0.4, -0.2) is 23.3 Å². The highest BCUT2D eigenvalue weighted by molar-refractivity contribution is 5.64. The number of nitrogens with one attached hydrogen (secondary N) is 1. The van der Waals surface area contributed by atoms with E-state index in [2.05, 4.69) is 5.32 Å². The number of carbonyl (C=O) groups is 1. The first-order chi connectivity index (χ1) is 8.24. The van der Waals surface area contributed by atoms with Gasteiger partial charge in [0, 0.05) is 6.04 Å². The summed E-state index contributed by atoms with van der Waals surface area (Å²) in [5, 5.41) is 11.2. The molecule has 0 aromatic heterocycles. The van der Waals surface area contributed by atoms with Crippen LogP contribution in [0.4, 0.5) is 4.79 Å². The smallest absolute Gasteiger partial charge is 0.404 e. The van der Waals surface area contributed by atoms with Gasteiger partial charge in [0.1, 0.15) is 5.75 Å². The van der Waals surface area contributed by atoms with Gasteiger partial charge in [0.25, 0.3) is 0 Å². The zero-order valence-corrected chi connectivity index (χ0v) is 9.63. The average Bonchev–Trinajstić information content (AvgIpc) is 2.32. The van der Waals surface area contributed by atoms with Gasteiger partial charge in [0.15, 0.2) is 0 Å². The third kappa shape index (κ3) is 3.66. The molecule has 1 aliphatic rings. The molecule has 0 bridgehead atoms. The molecule has 0 saturated heterocycles. The van der Waals surface area contributed by atoms with Crippen molar-refractivity contribution >= 4 is 6.09 Å². The van der Waals surface area contributed by atoms with Crippen molar-refractivity contribution in [3.8, 4) is 5.75 Å². The molecule has 2 rings (SSSR count). The molecule has 4 heteroatoms. The maximum Gasteiger partial charge on any atom is 0.404 e. The monoisotopic (exact) mass is 235 g/mol. The van der Waals surface area contributed by atoms with Crippen LogP contribution < -0.4 is 10.1 Å². The third-order valence-corrected chi connectivity index (χ3v) is 3.05. The summed E-state index contributed by atoms with van der Waals surface area (Å²) in [5.41, 5.74) is 0. The predicted molar refractivity (Wildman–Crippen MR) is 64.3 cm³/mol. The SMILES string of the molecule is O=C(O)NC1CCC(Oc2ccccc2)CC1. The highest BCUT2D eigenvalue weighted by Gasteiger charge is 2.23. The number of hydrogen-bond donors (Lipinski definition) is 2. The molecule has 1 aromatic carbocycles. The minimum absolute atomic E-state index is 0.0862. The van der Waals surface area contributed by atoms with E-state index in [1.165, 1.54) is 0 Å². The second-order valence-electron chi connectivity index (χ2n) is 4.35. The lowest BCUT2D eigenvalue weighted by molar-refractivity contribution is 0.134. The van der Waals surface area contributed by atoms with Gasteiger partial charge in [-0.25, -0.2) is 4.79 Å². The molecule has 2 N–H and O–H groups in total. The first-order valence-corrected chi connectivity index (χ1v) is 5.95. The van der Waals surface area contributed by atoms with Crippen LogP contribution in [0.25, 0.3) is 0 Å². The van der Waals surface area contributed by atoms with Crippen LogP contribution in [0.3, 0.4) is 0 Å². The van der Waals surface area contributed by atoms with E-state index >= 15 is 0 Å². The standard InChI is InChI=1S/C13H17NO3/c15-13(16)14-10-6-8-12(9-7-10)17-11-4-2-1-3-5-11/h1-5,10,12,14H,6-9H2,(H,15,16). The van der Waals surface area contributed by atoms with Gasteiger partial charge in [0.2, 0.25) is 0 Å². The molecule has 1 aliphatic carbocycles. The average molecular weight is 235 g/mol. The van der Waals surface area contributed by atoms with Crippen LogP contribution in [0.2, 0.25) is 0 Å². The molecule has 0 aliphatic heterocycles. The predicted octanol–water partition coefficient (Wildman–Crippen LogP) is 2.64. The lowest BCUT2D eigenvalue weighted by Gasteiger charge is -2.28. The molecule has 17 heavy (non-hydrogen) atoms. The van der Waals surface area contributed by atoms with Crippen LogP contribution >= 0.6 is 0 Å². The summed E-state index contributed by atoms with van der Waals surface area (Å²) < 4.78 is 5.83. The van der Waals surface area contributed by atoms with Crippen LogP contribution in [0.5, 0.6) is 5.75 Å². The Morgan fingerprint density at radius 3 is 2.41 bits per heavy atom. The van der Waals surface area contributed by atoms with E-state index in [9.17, 15) is 4.79 Å². The van der Waals surface area contributed by atoms with Crippen molar-refractivity contribution in [1.82, 2.24) is 5.32 Å². The fourth-order valence-electron chi connectivity index (χ4n) is 2.19. The molecule has 1 fully saturated rings. The Morgan fingerprint density at radius 2 is 1.82 bits per heavy atom. The molecule has 4 nitrogen and oxygen atoms in total. The third-order valence-electron chi connectivity index (χ3n) is 3.05. The summed E-state index contributed by atoms with van der Waals surface area (Å²) in [6.45, 7) is 0. The molecule has 0 spiro atoms. The molecule has 0 heterocycles. The van der Waals surface area contributed by atoms with Gasteiger partial charge in [-0.15, -0.1) is 0 Å². The van der Waals surface area contributed by atoms with Crippen molar-refractivity contribution in [2.45, 2.75) is 37.8 Å². The normalized spacial score (nSPS) is 24.0. The van der Waals surface area contributed by atoms with E-state index < -0.39 is 6.09 Å². The van der Waals surface area contributed by atoms with Gasteiger partial charge in [-0.2, -0.15) is 0 Å². The highest BCUT2D eigenvalue weighted by atomic mass is 16.5. The Morgan fingerprint density at radius 1 is 1.18 bits per heavy atom. The minimum Gasteiger partial charge on any atom is -0.490 e. The number of amides is 1. The Bertz CT molecular complexity index is 358. The number of hydrogen-bond acceptors (Lipinski definition) is 2. The van der Waals surface area contributed by atoms with Gasteiger partial charge >= 0.3 is 6.09 Å². The van der Waals surface area contributed by atoms with Crippen LogP contribution in [0, 0.1) is 0 Å². The topological polar surface area (TPSA) is 58.6 Å². The van der Waals surface area contributed by atoms with Crippen molar-refractivity contribution in [1.29, 1.82) is 0 Å². The maximum atomic E-state index is 10.5. The summed E-state index contributed by atoms with van der Waals surface area (Å²) in [4.78, 5) is 10.5. The molecule has 1 saturated carbocycles. The van der Waals surface area contributed by atoms with Gasteiger partial charge in [-0.3, -0.25) is 0 Å². The van der Waals surface area contributed by atoms with Gasteiger partial charge in [-0.05, 0) is 37.8 Å². The number of para-hydroxylation sites is 1. The fourth-order valence-corrected chi connectivity index (χ4v) is 2.19. The van der Waals surface area contributed by atoms with Crippen molar-refractivity contribution in [2.24, 2.45) is 0 Å². The molecule has 0 atom stereocenters. The summed E-state index contributed by atoms with van der Waals surface area (Å²) in [6, 6.07) is 9.84. The van der Waals surface area contributed by atoms with Gasteiger partial charge in [0.05, 0.1) is 6.10 Å². The first-order valence-electron chi connectivity index (χ1n) is 5.95. The van der Waals surface area contributed by atoms with Crippen molar-refractivity contribution in [2.75, 3.05) is 0 Å². The van der Waals surface area contributed by atoms with Gasteiger partial charge in [-0.1, -0.05) is 18.2 Å². The molecule has 0 unspecified atom stereocenters. The number of carboxylic acid groups (broad SMARTS) is 1. The van der Waals surface area contributed by atoms with E-state index in [0.717, 1.165) is 31.4 Å². The summed E-state index contributed by atoms with van der Waals surface area (Å²) in [7, 11) is 0. The number of rotatable bonds is 3. The zero-order valence-electron chi connectivity index (χ0n) is 9.63. The molecule has 1 aromatic rings. The fraction of sp³-hybridized carbons (Fsp3) is 0.462. The molecule has 1 amide bonds. The number of ether oxygens (including phenoxy) is 1. The van der Waals surface area contributed by atoms with E-state index in [-0.39, 0.29) is 12.1 Å². The van der Waals surface area contributed by atoms with Crippen LogP contribution in [0.15, 0.2) is 30.3 Å². The second kappa shape index (κ2) is 5.57. The number of benzene rings is 1. The van der Waals surface area contributed by atoms with Crippen LogP contribution in [-0.2, 0) is 0 Å². The van der Waals surface area contributed by atoms with E-state index in [0.29, 0.717) is 0 Å². The molecule has 0 radical (unpaired) electrons. The summed E-state index contributed by atoms with van der Waals surface area (Å²) >= 11 is 0. The van der Waals surface area contributed by atoms with Crippen molar-refractivity contribution in [3.05, 3.63) is 30.3 Å². The Balaban J connectivity index is 1.78. The quantitative estimate of drug-likeness (QED) is 0.846. The highest BCUT2D eigenvalue weighted by Crippen LogP contribution is 2.23. The van der Waals surface area contributed by atoms with E-state index in [1.54, 1.807) is 0 Å². The van der Waals surface area contributed by atoms with Crippen molar-refractivity contribution < 1.29 is 14.6 Å². The second-order valence-corrected chi connectivity index (χ2v) is 4.35. The van der Waals surface area contributed by atoms with Crippen molar-refractivity contribution in [3.63, 3.8) is 0 Å². The first kappa shape index (κ1) is 11.8. The Labute approximate surface area is 101 Å². The summed E-state index contributed by atoms with van der Waals surface area (Å²) in [5.74, 6) is 0.891. The van der Waals surface area contributed by atoms with E-state index in [4.69, 9.17) is 9.84 Å².